The summed E-state index contributed by atoms with van der Waals surface area (Å²) in [5.41, 5.74) is 1.01. The summed E-state index contributed by atoms with van der Waals surface area (Å²) in [6.45, 7) is 7.40. The molecule has 0 aromatic heterocycles. The van der Waals surface area contributed by atoms with Crippen molar-refractivity contribution in [2.75, 3.05) is 19.2 Å². The summed E-state index contributed by atoms with van der Waals surface area (Å²) in [4.78, 5) is 14.2. The van der Waals surface area contributed by atoms with E-state index in [9.17, 15) is 4.79 Å². The average Bonchev–Trinajstić information content (AvgIpc) is 2.54. The van der Waals surface area contributed by atoms with Gasteiger partial charge in [0.05, 0.1) is 5.54 Å². The van der Waals surface area contributed by atoms with E-state index in [0.717, 1.165) is 32.1 Å². The summed E-state index contributed by atoms with van der Waals surface area (Å²) < 4.78 is 5.73. The number of amides is 1. The molecule has 0 bridgehead atoms. The molecule has 0 aromatic carbocycles. The van der Waals surface area contributed by atoms with Gasteiger partial charge in [-0.05, 0) is 31.3 Å². The first-order valence-electron chi connectivity index (χ1n) is 7.96. The molecule has 1 aliphatic carbocycles. The van der Waals surface area contributed by atoms with E-state index in [4.69, 9.17) is 16.3 Å². The SMILES string of the molecule is CCCCOCN(C(=O)CCl)C1(CC)CC=CC=C1CC. The minimum atomic E-state index is -0.276. The van der Waals surface area contributed by atoms with Crippen molar-refractivity contribution in [1.82, 2.24) is 4.90 Å². The van der Waals surface area contributed by atoms with Gasteiger partial charge in [-0.25, -0.2) is 0 Å². The van der Waals surface area contributed by atoms with E-state index in [1.165, 1.54) is 5.57 Å². The third kappa shape index (κ3) is 4.33. The van der Waals surface area contributed by atoms with Crippen molar-refractivity contribution in [1.29, 1.82) is 0 Å². The third-order valence-corrected chi connectivity index (χ3v) is 4.48. The fourth-order valence-corrected chi connectivity index (χ4v) is 3.08. The van der Waals surface area contributed by atoms with Crippen LogP contribution in [-0.2, 0) is 9.53 Å². The van der Waals surface area contributed by atoms with Crippen molar-refractivity contribution in [3.63, 3.8) is 0 Å². The van der Waals surface area contributed by atoms with E-state index >= 15 is 0 Å². The summed E-state index contributed by atoms with van der Waals surface area (Å²) >= 11 is 5.83. The Balaban J connectivity index is 2.95. The van der Waals surface area contributed by atoms with E-state index in [-0.39, 0.29) is 17.3 Å². The van der Waals surface area contributed by atoms with Crippen LogP contribution < -0.4 is 0 Å². The maximum absolute atomic E-state index is 12.4. The first-order chi connectivity index (χ1) is 10.2. The molecule has 4 heteroatoms. The van der Waals surface area contributed by atoms with Crippen LogP contribution in [0.2, 0.25) is 0 Å². The summed E-state index contributed by atoms with van der Waals surface area (Å²) in [6.07, 6.45) is 11.1. The van der Waals surface area contributed by atoms with Gasteiger partial charge < -0.3 is 9.64 Å². The van der Waals surface area contributed by atoms with Gasteiger partial charge in [0.2, 0.25) is 5.91 Å². The van der Waals surface area contributed by atoms with Crippen LogP contribution in [0.3, 0.4) is 0 Å². The number of nitrogens with zero attached hydrogens (tertiary/aromatic N) is 1. The molecule has 3 nitrogen and oxygen atoms in total. The first-order valence-corrected chi connectivity index (χ1v) is 8.50. The van der Waals surface area contributed by atoms with E-state index in [1.807, 2.05) is 4.90 Å². The predicted molar refractivity (Wildman–Crippen MR) is 88.4 cm³/mol. The van der Waals surface area contributed by atoms with Crippen LogP contribution >= 0.6 is 11.6 Å². The zero-order chi connectivity index (χ0) is 15.7. The predicted octanol–water partition coefficient (Wildman–Crippen LogP) is 4.27. The van der Waals surface area contributed by atoms with E-state index in [0.29, 0.717) is 13.3 Å². The molecule has 0 N–H and O–H groups in total. The lowest BCUT2D eigenvalue weighted by Crippen LogP contribution is -2.54. The van der Waals surface area contributed by atoms with E-state index in [1.54, 1.807) is 0 Å². The minimum absolute atomic E-state index is 0.000400. The molecule has 120 valence electrons. The summed E-state index contributed by atoms with van der Waals surface area (Å²) in [7, 11) is 0. The maximum atomic E-state index is 12.4. The summed E-state index contributed by atoms with van der Waals surface area (Å²) in [5, 5.41) is 0. The molecule has 0 radical (unpaired) electrons. The van der Waals surface area contributed by atoms with Gasteiger partial charge in [0.25, 0.3) is 0 Å². The molecule has 0 heterocycles. The fraction of sp³-hybridized carbons (Fsp3) is 0.706. The highest BCUT2D eigenvalue weighted by molar-refractivity contribution is 6.27. The lowest BCUT2D eigenvalue weighted by molar-refractivity contribution is -0.142. The topological polar surface area (TPSA) is 29.5 Å². The van der Waals surface area contributed by atoms with Crippen LogP contribution in [0.1, 0.15) is 52.9 Å². The van der Waals surface area contributed by atoms with E-state index < -0.39 is 0 Å². The summed E-state index contributed by atoms with van der Waals surface area (Å²) in [6, 6.07) is 0. The van der Waals surface area contributed by atoms with Gasteiger partial charge >= 0.3 is 0 Å². The van der Waals surface area contributed by atoms with Gasteiger partial charge in [-0.15, -0.1) is 11.6 Å². The Morgan fingerprint density at radius 2 is 2.19 bits per heavy atom. The van der Waals surface area contributed by atoms with Crippen LogP contribution in [0.4, 0.5) is 0 Å². The third-order valence-electron chi connectivity index (χ3n) is 4.25. The lowest BCUT2D eigenvalue weighted by Gasteiger charge is -2.45. The molecule has 1 aliphatic rings. The largest absolute Gasteiger partial charge is 0.361 e. The van der Waals surface area contributed by atoms with Crippen LogP contribution in [0.15, 0.2) is 23.8 Å². The highest BCUT2D eigenvalue weighted by Gasteiger charge is 2.40. The smallest absolute Gasteiger partial charge is 0.240 e. The van der Waals surface area contributed by atoms with Gasteiger partial charge in [-0.2, -0.15) is 0 Å². The standard InChI is InChI=1S/C17H28ClNO2/c1-4-7-12-21-14-19(16(20)13-18)17(6-3)11-9-8-10-15(17)5-2/h8-10H,4-7,11-14H2,1-3H3. The molecule has 1 atom stereocenters. The molecule has 0 spiro atoms. The number of ether oxygens (including phenoxy) is 1. The van der Waals surface area contributed by atoms with E-state index in [2.05, 4.69) is 39.0 Å². The monoisotopic (exact) mass is 313 g/mol. The van der Waals surface area contributed by atoms with Gasteiger partial charge in [0.1, 0.15) is 12.6 Å². The molecule has 0 saturated heterocycles. The Bertz CT molecular complexity index is 392. The van der Waals surface area contributed by atoms with Gasteiger partial charge in [0, 0.05) is 6.61 Å². The first kappa shape index (κ1) is 18.2. The lowest BCUT2D eigenvalue weighted by atomic mass is 9.78. The Morgan fingerprint density at radius 3 is 2.76 bits per heavy atom. The molecule has 0 saturated carbocycles. The van der Waals surface area contributed by atoms with Crippen LogP contribution in [0.5, 0.6) is 0 Å². The number of hydrogen-bond acceptors (Lipinski definition) is 2. The second-order valence-corrected chi connectivity index (χ2v) is 5.68. The maximum Gasteiger partial charge on any atom is 0.240 e. The number of halogens is 1. The van der Waals surface area contributed by atoms with Gasteiger partial charge in [-0.1, -0.05) is 45.4 Å². The Kier molecular flexibility index (Phi) is 8.05. The average molecular weight is 314 g/mol. The van der Waals surface area contributed by atoms with Crippen LogP contribution in [-0.4, -0.2) is 35.6 Å². The molecule has 0 aromatic rings. The Labute approximate surface area is 134 Å². The number of allylic oxidation sites excluding steroid dienone is 2. The molecule has 0 fully saturated rings. The minimum Gasteiger partial charge on any atom is -0.361 e. The Morgan fingerprint density at radius 1 is 1.43 bits per heavy atom. The Hall–Kier alpha value is -0.800. The molecule has 21 heavy (non-hydrogen) atoms. The number of unbranched alkanes of at least 4 members (excludes halogenated alkanes) is 1. The van der Waals surface area contributed by atoms with Crippen molar-refractivity contribution in [2.24, 2.45) is 0 Å². The number of alkyl halides is 1. The molecular formula is C17H28ClNO2. The zero-order valence-corrected chi connectivity index (χ0v) is 14.3. The van der Waals surface area contributed by atoms with Gasteiger partial charge in [-0.3, -0.25) is 4.79 Å². The number of carbonyl (C=O) groups is 1. The number of rotatable bonds is 9. The molecule has 1 unspecified atom stereocenters. The van der Waals surface area contributed by atoms with Crippen molar-refractivity contribution >= 4 is 17.5 Å². The molecule has 0 aliphatic heterocycles. The summed E-state index contributed by atoms with van der Waals surface area (Å²) in [5.74, 6) is -0.0516. The number of carbonyl (C=O) groups excluding carboxylic acids is 1. The van der Waals surface area contributed by atoms with Crippen LogP contribution in [0.25, 0.3) is 0 Å². The quantitative estimate of drug-likeness (QED) is 0.361. The fourth-order valence-electron chi connectivity index (χ4n) is 2.93. The highest BCUT2D eigenvalue weighted by Crippen LogP contribution is 2.37. The van der Waals surface area contributed by atoms with Gasteiger partial charge in [0.15, 0.2) is 0 Å². The molecule has 1 amide bonds. The second-order valence-electron chi connectivity index (χ2n) is 5.41. The normalized spacial score (nSPS) is 21.2. The second kappa shape index (κ2) is 9.26. The van der Waals surface area contributed by atoms with Crippen molar-refractivity contribution in [3.8, 4) is 0 Å². The highest BCUT2D eigenvalue weighted by atomic mass is 35.5. The van der Waals surface area contributed by atoms with Crippen LogP contribution in [0, 0.1) is 0 Å². The van der Waals surface area contributed by atoms with Crippen molar-refractivity contribution in [2.45, 2.75) is 58.4 Å². The number of hydrogen-bond donors (Lipinski definition) is 0. The van der Waals surface area contributed by atoms with Crippen molar-refractivity contribution in [3.05, 3.63) is 23.8 Å². The van der Waals surface area contributed by atoms with Crippen molar-refractivity contribution < 1.29 is 9.53 Å². The zero-order valence-electron chi connectivity index (χ0n) is 13.5. The molecule has 1 rings (SSSR count). The molecular weight excluding hydrogens is 286 g/mol.